The minimum atomic E-state index is -0.598. The van der Waals surface area contributed by atoms with Crippen LogP contribution in [0, 0.1) is 11.6 Å². The average Bonchev–Trinajstić information content (AvgIpc) is 2.68. The fraction of sp³-hybridized carbons (Fsp3) is 0.458. The quantitative estimate of drug-likeness (QED) is 0.681. The van der Waals surface area contributed by atoms with Crippen molar-refractivity contribution < 1.29 is 13.6 Å². The molecule has 0 radical (unpaired) electrons. The molecule has 30 heavy (non-hydrogen) atoms. The second kappa shape index (κ2) is 10.0. The van der Waals surface area contributed by atoms with Crippen LogP contribution in [-0.4, -0.2) is 32.1 Å². The van der Waals surface area contributed by atoms with Gasteiger partial charge in [0.2, 0.25) is 5.91 Å². The number of benzene rings is 2. The predicted molar refractivity (Wildman–Crippen MR) is 117 cm³/mol. The third-order valence-electron chi connectivity index (χ3n) is 5.74. The molecular formula is C24H31F2N3O. The first-order valence-corrected chi connectivity index (χ1v) is 10.6. The molecule has 1 heterocycles. The van der Waals surface area contributed by atoms with Crippen molar-refractivity contribution >= 4 is 11.6 Å². The van der Waals surface area contributed by atoms with Crippen molar-refractivity contribution in [1.29, 1.82) is 0 Å². The summed E-state index contributed by atoms with van der Waals surface area (Å²) in [6.45, 7) is 5.30. The molecule has 0 aromatic heterocycles. The van der Waals surface area contributed by atoms with Crippen LogP contribution in [0.15, 0.2) is 36.4 Å². The Morgan fingerprint density at radius 3 is 2.57 bits per heavy atom. The van der Waals surface area contributed by atoms with Gasteiger partial charge in [-0.3, -0.25) is 4.79 Å². The number of anilines is 1. The van der Waals surface area contributed by atoms with Crippen LogP contribution < -0.4 is 15.5 Å². The minimum absolute atomic E-state index is 0.144. The number of nitrogens with one attached hydrogen (secondary N) is 2. The van der Waals surface area contributed by atoms with E-state index in [4.69, 9.17) is 0 Å². The summed E-state index contributed by atoms with van der Waals surface area (Å²) in [5, 5.41) is 6.55. The Morgan fingerprint density at radius 2 is 1.90 bits per heavy atom. The summed E-state index contributed by atoms with van der Waals surface area (Å²) >= 11 is 0. The van der Waals surface area contributed by atoms with Crippen LogP contribution in [0.1, 0.15) is 49.4 Å². The van der Waals surface area contributed by atoms with E-state index in [0.717, 1.165) is 25.5 Å². The highest BCUT2D eigenvalue weighted by Crippen LogP contribution is 2.33. The van der Waals surface area contributed by atoms with Gasteiger partial charge < -0.3 is 15.5 Å². The lowest BCUT2D eigenvalue weighted by Gasteiger charge is -2.34. The van der Waals surface area contributed by atoms with E-state index in [0.29, 0.717) is 24.9 Å². The van der Waals surface area contributed by atoms with Crippen molar-refractivity contribution in [3.63, 3.8) is 0 Å². The Balaban J connectivity index is 1.65. The molecule has 3 rings (SSSR count). The Labute approximate surface area is 177 Å². The third-order valence-corrected chi connectivity index (χ3v) is 5.74. The average molecular weight is 416 g/mol. The summed E-state index contributed by atoms with van der Waals surface area (Å²) in [5.74, 6) is -1.34. The number of fused-ring (bicyclic) bond motifs is 1. The zero-order valence-corrected chi connectivity index (χ0v) is 18.0. The number of rotatable bonds is 8. The van der Waals surface area contributed by atoms with Crippen molar-refractivity contribution in [1.82, 2.24) is 10.6 Å². The number of halogens is 2. The second-order valence-corrected chi connectivity index (χ2v) is 8.13. The van der Waals surface area contributed by atoms with Crippen LogP contribution >= 0.6 is 0 Å². The van der Waals surface area contributed by atoms with Gasteiger partial charge >= 0.3 is 0 Å². The molecule has 4 nitrogen and oxygen atoms in total. The van der Waals surface area contributed by atoms with Crippen molar-refractivity contribution in [3.05, 3.63) is 64.7 Å². The highest BCUT2D eigenvalue weighted by Gasteiger charge is 2.23. The molecule has 0 unspecified atom stereocenters. The zero-order valence-electron chi connectivity index (χ0n) is 18.0. The zero-order chi connectivity index (χ0) is 21.7. The molecule has 0 aliphatic carbocycles. The van der Waals surface area contributed by atoms with Crippen LogP contribution in [0.5, 0.6) is 0 Å². The maximum atomic E-state index is 13.5. The lowest BCUT2D eigenvalue weighted by Crippen LogP contribution is -2.39. The highest BCUT2D eigenvalue weighted by atomic mass is 19.1. The molecule has 2 N–H and O–H groups in total. The largest absolute Gasteiger partial charge is 0.374 e. The standard InChI is InChI=1S/C24H31F2N3O/c1-4-17-5-6-24-22(14-17)23(8-10-29(24)3)27-9-7-21(28-16(2)30)13-18-11-19(25)15-20(26)12-18/h5-6,11-12,14-15,21,23,27H,4,7-10,13H2,1-3H3,(H,28,30)/t21-,23+/m1/s1. The summed E-state index contributed by atoms with van der Waals surface area (Å²) < 4.78 is 27.1. The summed E-state index contributed by atoms with van der Waals surface area (Å²) in [6, 6.07) is 10.2. The summed E-state index contributed by atoms with van der Waals surface area (Å²) in [6.07, 6.45) is 3.07. The van der Waals surface area contributed by atoms with Gasteiger partial charge in [0, 0.05) is 44.4 Å². The second-order valence-electron chi connectivity index (χ2n) is 8.13. The van der Waals surface area contributed by atoms with E-state index < -0.39 is 11.6 Å². The molecule has 1 aliphatic rings. The number of hydrogen-bond acceptors (Lipinski definition) is 3. The summed E-state index contributed by atoms with van der Waals surface area (Å²) in [4.78, 5) is 13.9. The number of aryl methyl sites for hydroxylation is 1. The van der Waals surface area contributed by atoms with Gasteiger partial charge in [-0.25, -0.2) is 8.78 Å². The van der Waals surface area contributed by atoms with Gasteiger partial charge in [0.1, 0.15) is 11.6 Å². The van der Waals surface area contributed by atoms with Gasteiger partial charge in [-0.05, 0) is 67.1 Å². The van der Waals surface area contributed by atoms with Crippen LogP contribution in [-0.2, 0) is 17.6 Å². The van der Waals surface area contributed by atoms with Gasteiger partial charge in [-0.2, -0.15) is 0 Å². The summed E-state index contributed by atoms with van der Waals surface area (Å²) in [7, 11) is 2.12. The molecule has 0 saturated heterocycles. The van der Waals surface area contributed by atoms with Crippen LogP contribution in [0.25, 0.3) is 0 Å². The monoisotopic (exact) mass is 415 g/mol. The van der Waals surface area contributed by atoms with E-state index in [1.54, 1.807) is 0 Å². The molecule has 6 heteroatoms. The third kappa shape index (κ3) is 5.79. The smallest absolute Gasteiger partial charge is 0.217 e. The van der Waals surface area contributed by atoms with Gasteiger partial charge in [-0.1, -0.05) is 19.1 Å². The lowest BCUT2D eigenvalue weighted by molar-refractivity contribution is -0.119. The number of nitrogens with zero attached hydrogens (tertiary/aromatic N) is 1. The van der Waals surface area contributed by atoms with E-state index in [9.17, 15) is 13.6 Å². The maximum Gasteiger partial charge on any atom is 0.217 e. The molecule has 2 aromatic carbocycles. The van der Waals surface area contributed by atoms with Gasteiger partial charge in [-0.15, -0.1) is 0 Å². The molecule has 1 aliphatic heterocycles. The molecule has 0 bridgehead atoms. The van der Waals surface area contributed by atoms with Crippen LogP contribution in [0.3, 0.4) is 0 Å². The molecule has 1 amide bonds. The van der Waals surface area contributed by atoms with Crippen molar-refractivity contribution in [2.24, 2.45) is 0 Å². The molecular weight excluding hydrogens is 384 g/mol. The highest BCUT2D eigenvalue weighted by molar-refractivity contribution is 5.73. The maximum absolute atomic E-state index is 13.5. The number of amides is 1. The van der Waals surface area contributed by atoms with E-state index >= 15 is 0 Å². The van der Waals surface area contributed by atoms with Crippen molar-refractivity contribution in [2.75, 3.05) is 25.0 Å². The van der Waals surface area contributed by atoms with Crippen molar-refractivity contribution in [3.8, 4) is 0 Å². The normalized spacial score (nSPS) is 16.8. The Kier molecular flexibility index (Phi) is 7.43. The van der Waals surface area contributed by atoms with E-state index in [2.05, 4.69) is 47.7 Å². The Hall–Kier alpha value is -2.47. The summed E-state index contributed by atoms with van der Waals surface area (Å²) in [5.41, 5.74) is 4.43. The topological polar surface area (TPSA) is 44.4 Å². The Morgan fingerprint density at radius 1 is 1.17 bits per heavy atom. The predicted octanol–water partition coefficient (Wildman–Crippen LogP) is 4.14. The lowest BCUT2D eigenvalue weighted by atomic mass is 9.94. The van der Waals surface area contributed by atoms with E-state index in [1.165, 1.54) is 35.9 Å². The number of carbonyl (C=O) groups is 1. The molecule has 0 spiro atoms. The number of hydrogen-bond donors (Lipinski definition) is 2. The van der Waals surface area contributed by atoms with Crippen molar-refractivity contribution in [2.45, 2.75) is 51.6 Å². The SMILES string of the molecule is CCc1ccc2c(c1)[C@@H](NCC[C@H](Cc1cc(F)cc(F)c1)NC(C)=O)CCN2C. The fourth-order valence-corrected chi connectivity index (χ4v) is 4.22. The molecule has 0 saturated carbocycles. The minimum Gasteiger partial charge on any atom is -0.374 e. The van der Waals surface area contributed by atoms with E-state index in [-0.39, 0.29) is 18.0 Å². The van der Waals surface area contributed by atoms with Gasteiger partial charge in [0.25, 0.3) is 0 Å². The van der Waals surface area contributed by atoms with Crippen LogP contribution in [0.4, 0.5) is 14.5 Å². The Bertz CT molecular complexity index is 866. The van der Waals surface area contributed by atoms with Gasteiger partial charge in [0.05, 0.1) is 0 Å². The van der Waals surface area contributed by atoms with E-state index in [1.807, 2.05) is 0 Å². The molecule has 162 valence electrons. The molecule has 2 aromatic rings. The first kappa shape index (κ1) is 22.2. The fourth-order valence-electron chi connectivity index (χ4n) is 4.22. The first-order chi connectivity index (χ1) is 14.4. The molecule has 0 fully saturated rings. The van der Waals surface area contributed by atoms with Crippen LogP contribution in [0.2, 0.25) is 0 Å². The number of carbonyl (C=O) groups excluding carboxylic acids is 1. The first-order valence-electron chi connectivity index (χ1n) is 10.6. The molecule has 2 atom stereocenters. The van der Waals surface area contributed by atoms with Gasteiger partial charge in [0.15, 0.2) is 0 Å².